The van der Waals surface area contributed by atoms with Crippen LogP contribution in [0.15, 0.2) is 55.1 Å². The zero-order valence-corrected chi connectivity index (χ0v) is 16.2. The number of rotatable bonds is 4. The van der Waals surface area contributed by atoms with Crippen LogP contribution in [0.1, 0.15) is 66.7 Å². The molecule has 1 aliphatic rings. The fraction of sp³-hybridized carbons (Fsp3) is 0.360. The van der Waals surface area contributed by atoms with Crippen LogP contribution in [0.25, 0.3) is 0 Å². The van der Waals surface area contributed by atoms with E-state index < -0.39 is 17.6 Å². The van der Waals surface area contributed by atoms with Crippen molar-refractivity contribution in [3.05, 3.63) is 83.2 Å². The van der Waals surface area contributed by atoms with Crippen LogP contribution < -0.4 is 0 Å². The monoisotopic (exact) mass is 400 g/mol. The molecule has 0 aliphatic heterocycles. The maximum Gasteiger partial charge on any atom is 0.419 e. The Morgan fingerprint density at radius 3 is 2.14 bits per heavy atom. The summed E-state index contributed by atoms with van der Waals surface area (Å²) in [5.74, 6) is 5.71. The molecule has 0 heterocycles. The van der Waals surface area contributed by atoms with Gasteiger partial charge in [0.25, 0.3) is 0 Å². The van der Waals surface area contributed by atoms with E-state index in [4.69, 9.17) is 0 Å². The summed E-state index contributed by atoms with van der Waals surface area (Å²) in [6.07, 6.45) is 4.50. The predicted molar refractivity (Wildman–Crippen MR) is 108 cm³/mol. The van der Waals surface area contributed by atoms with Gasteiger partial charge in [0, 0.05) is 11.1 Å². The summed E-state index contributed by atoms with van der Waals surface area (Å²) in [7, 11) is 0. The number of benzene rings is 2. The van der Waals surface area contributed by atoms with Crippen LogP contribution in [0.5, 0.6) is 0 Å². The molecular formula is C25H24F4. The SMILES string of the molecule is C=CCC[C@H]1CC[C@H](c2ccc(C#Cc3ccc(C(F)(F)F)c(F)c3)cc2)CC1. The first-order valence-electron chi connectivity index (χ1n) is 9.96. The van der Waals surface area contributed by atoms with Crippen LogP contribution in [-0.2, 0) is 6.18 Å². The minimum Gasteiger partial charge on any atom is -0.206 e. The van der Waals surface area contributed by atoms with Crippen molar-refractivity contribution in [3.63, 3.8) is 0 Å². The maximum absolute atomic E-state index is 13.6. The Kier molecular flexibility index (Phi) is 6.79. The number of allylic oxidation sites excluding steroid dienone is 1. The first kappa shape index (κ1) is 21.2. The minimum atomic E-state index is -4.70. The Bertz CT molecular complexity index is 889. The molecule has 0 saturated heterocycles. The third-order valence-corrected chi connectivity index (χ3v) is 5.63. The number of hydrogen-bond donors (Lipinski definition) is 0. The zero-order chi connectivity index (χ0) is 20.9. The van der Waals surface area contributed by atoms with Crippen LogP contribution >= 0.6 is 0 Å². The average molecular weight is 400 g/mol. The molecule has 0 atom stereocenters. The van der Waals surface area contributed by atoms with Gasteiger partial charge in [-0.1, -0.05) is 30.0 Å². The van der Waals surface area contributed by atoms with E-state index in [1.807, 2.05) is 18.2 Å². The second-order valence-electron chi connectivity index (χ2n) is 7.65. The van der Waals surface area contributed by atoms with E-state index in [-0.39, 0.29) is 5.56 Å². The highest BCUT2D eigenvalue weighted by Crippen LogP contribution is 2.37. The fourth-order valence-electron chi connectivity index (χ4n) is 3.94. The standard InChI is InChI=1S/C25H24F4/c1-2-3-4-18-7-12-21(13-8-18)22-14-9-19(10-15-22)5-6-20-11-16-23(24(26)17-20)25(27,28)29/h2,9-11,14-18,21H,1,3-4,7-8,12-13H2/t18-,21-. The lowest BCUT2D eigenvalue weighted by atomic mass is 9.77. The summed E-state index contributed by atoms with van der Waals surface area (Å²) >= 11 is 0. The molecule has 4 heteroatoms. The van der Waals surface area contributed by atoms with Crippen molar-refractivity contribution in [3.8, 4) is 11.8 Å². The normalized spacial score (nSPS) is 19.3. The number of halogens is 4. The maximum atomic E-state index is 13.6. The van der Waals surface area contributed by atoms with Crippen LogP contribution in [-0.4, -0.2) is 0 Å². The van der Waals surface area contributed by atoms with E-state index in [0.29, 0.717) is 5.92 Å². The van der Waals surface area contributed by atoms with E-state index in [2.05, 4.69) is 30.6 Å². The Hall–Kier alpha value is -2.54. The van der Waals surface area contributed by atoms with Crippen molar-refractivity contribution in [1.29, 1.82) is 0 Å². The molecule has 29 heavy (non-hydrogen) atoms. The summed E-state index contributed by atoms with van der Waals surface area (Å²) in [5.41, 5.74) is 1.01. The molecule has 0 nitrogen and oxygen atoms in total. The molecule has 1 fully saturated rings. The van der Waals surface area contributed by atoms with Gasteiger partial charge in [0.1, 0.15) is 5.82 Å². The van der Waals surface area contributed by atoms with Crippen molar-refractivity contribution < 1.29 is 17.6 Å². The molecule has 0 N–H and O–H groups in total. The van der Waals surface area contributed by atoms with Crippen LogP contribution in [0.4, 0.5) is 17.6 Å². The molecule has 1 saturated carbocycles. The number of hydrogen-bond acceptors (Lipinski definition) is 0. The van der Waals surface area contributed by atoms with E-state index in [9.17, 15) is 17.6 Å². The molecule has 0 aromatic heterocycles. The van der Waals surface area contributed by atoms with Crippen molar-refractivity contribution in [2.24, 2.45) is 5.92 Å². The van der Waals surface area contributed by atoms with Crippen molar-refractivity contribution >= 4 is 0 Å². The molecule has 0 unspecified atom stereocenters. The van der Waals surface area contributed by atoms with E-state index in [1.165, 1.54) is 43.7 Å². The molecule has 0 spiro atoms. The van der Waals surface area contributed by atoms with Gasteiger partial charge in [-0.05, 0) is 86.3 Å². The molecule has 1 aliphatic carbocycles. The lowest BCUT2D eigenvalue weighted by Gasteiger charge is -2.28. The molecule has 3 rings (SSSR count). The molecule has 0 amide bonds. The summed E-state index contributed by atoms with van der Waals surface area (Å²) in [6, 6.07) is 10.7. The molecule has 152 valence electrons. The predicted octanol–water partition coefficient (Wildman–Crippen LogP) is 7.48. The van der Waals surface area contributed by atoms with Gasteiger partial charge in [-0.15, -0.1) is 6.58 Å². The Morgan fingerprint density at radius 1 is 0.931 bits per heavy atom. The van der Waals surface area contributed by atoms with E-state index in [0.717, 1.165) is 30.0 Å². The largest absolute Gasteiger partial charge is 0.419 e. The topological polar surface area (TPSA) is 0 Å². The molecule has 0 radical (unpaired) electrons. The summed E-state index contributed by atoms with van der Waals surface area (Å²) < 4.78 is 51.5. The highest BCUT2D eigenvalue weighted by Gasteiger charge is 2.33. The van der Waals surface area contributed by atoms with Gasteiger partial charge in [-0.2, -0.15) is 13.2 Å². The van der Waals surface area contributed by atoms with Crippen molar-refractivity contribution in [1.82, 2.24) is 0 Å². The Balaban J connectivity index is 1.62. The van der Waals surface area contributed by atoms with Gasteiger partial charge >= 0.3 is 6.18 Å². The second-order valence-corrected chi connectivity index (χ2v) is 7.65. The van der Waals surface area contributed by atoms with Crippen LogP contribution in [0.3, 0.4) is 0 Å². The molecule has 2 aromatic rings. The summed E-state index contributed by atoms with van der Waals surface area (Å²) in [5, 5.41) is 0. The third kappa shape index (κ3) is 5.73. The summed E-state index contributed by atoms with van der Waals surface area (Å²) in [4.78, 5) is 0. The van der Waals surface area contributed by atoms with Gasteiger partial charge in [-0.3, -0.25) is 0 Å². The highest BCUT2D eigenvalue weighted by atomic mass is 19.4. The van der Waals surface area contributed by atoms with Gasteiger partial charge in [-0.25, -0.2) is 4.39 Å². The quantitative estimate of drug-likeness (QED) is 0.283. The van der Waals surface area contributed by atoms with Gasteiger partial charge in [0.15, 0.2) is 0 Å². The van der Waals surface area contributed by atoms with E-state index in [1.54, 1.807) is 0 Å². The molecular weight excluding hydrogens is 376 g/mol. The lowest BCUT2D eigenvalue weighted by Crippen LogP contribution is -2.13. The van der Waals surface area contributed by atoms with Crippen molar-refractivity contribution in [2.75, 3.05) is 0 Å². The van der Waals surface area contributed by atoms with Gasteiger partial charge in [0.05, 0.1) is 5.56 Å². The van der Waals surface area contributed by atoms with E-state index >= 15 is 0 Å². The number of alkyl halides is 3. The smallest absolute Gasteiger partial charge is 0.206 e. The highest BCUT2D eigenvalue weighted by molar-refractivity contribution is 5.45. The lowest BCUT2D eigenvalue weighted by molar-refractivity contribution is -0.140. The van der Waals surface area contributed by atoms with Crippen LogP contribution in [0, 0.1) is 23.6 Å². The second kappa shape index (κ2) is 9.31. The van der Waals surface area contributed by atoms with Gasteiger partial charge < -0.3 is 0 Å². The Labute approximate surface area is 169 Å². The first-order chi connectivity index (χ1) is 13.9. The van der Waals surface area contributed by atoms with Crippen molar-refractivity contribution in [2.45, 2.75) is 50.6 Å². The average Bonchev–Trinajstić information content (AvgIpc) is 2.70. The molecule has 0 bridgehead atoms. The minimum absolute atomic E-state index is 0.220. The molecule has 2 aromatic carbocycles. The zero-order valence-electron chi connectivity index (χ0n) is 16.2. The fourth-order valence-corrected chi connectivity index (χ4v) is 3.94. The Morgan fingerprint density at radius 2 is 1.55 bits per heavy atom. The van der Waals surface area contributed by atoms with Crippen LogP contribution in [0.2, 0.25) is 0 Å². The summed E-state index contributed by atoms with van der Waals surface area (Å²) in [6.45, 7) is 3.79. The first-order valence-corrected chi connectivity index (χ1v) is 9.96. The van der Waals surface area contributed by atoms with Gasteiger partial charge in [0.2, 0.25) is 0 Å². The third-order valence-electron chi connectivity index (χ3n) is 5.63.